The highest BCUT2D eigenvalue weighted by Crippen LogP contribution is 2.33. The fourth-order valence-corrected chi connectivity index (χ4v) is 2.33. The summed E-state index contributed by atoms with van der Waals surface area (Å²) in [6.45, 7) is 2.18. The molecular formula is C14H17F2NO. The first-order valence-electron chi connectivity index (χ1n) is 6.61. The van der Waals surface area contributed by atoms with Crippen molar-refractivity contribution in [3.8, 4) is 5.75 Å². The van der Waals surface area contributed by atoms with Crippen molar-refractivity contribution in [3.63, 3.8) is 0 Å². The predicted molar refractivity (Wildman–Crippen MR) is 66.0 cm³/mol. The van der Waals surface area contributed by atoms with Crippen molar-refractivity contribution in [2.75, 3.05) is 24.6 Å². The standard InChI is InChI=1S/C14H17F2NO/c15-12-7-11(17-5-1-2-6-17)8-13(16)14(12)18-9-10-3-4-10/h7-8,10H,1-6,9H2. The molecule has 98 valence electrons. The number of anilines is 1. The Bertz CT molecular complexity index is 416. The molecule has 0 spiro atoms. The van der Waals surface area contributed by atoms with Crippen molar-refractivity contribution < 1.29 is 13.5 Å². The SMILES string of the molecule is Fc1cc(N2CCCC2)cc(F)c1OCC1CC1. The van der Waals surface area contributed by atoms with Crippen LogP contribution in [0, 0.1) is 17.6 Å². The molecule has 0 atom stereocenters. The summed E-state index contributed by atoms with van der Waals surface area (Å²) in [5.41, 5.74) is 0.626. The lowest BCUT2D eigenvalue weighted by molar-refractivity contribution is 0.270. The second kappa shape index (κ2) is 4.75. The number of hydrogen-bond donors (Lipinski definition) is 0. The average molecular weight is 253 g/mol. The minimum absolute atomic E-state index is 0.218. The van der Waals surface area contributed by atoms with Gasteiger partial charge in [-0.15, -0.1) is 0 Å². The van der Waals surface area contributed by atoms with Crippen LogP contribution >= 0.6 is 0 Å². The molecule has 0 N–H and O–H groups in total. The maximum atomic E-state index is 13.8. The summed E-state index contributed by atoms with van der Waals surface area (Å²) in [5.74, 6) is -0.901. The summed E-state index contributed by atoms with van der Waals surface area (Å²) in [7, 11) is 0. The van der Waals surface area contributed by atoms with E-state index in [0.29, 0.717) is 18.2 Å². The van der Waals surface area contributed by atoms with Gasteiger partial charge in [-0.1, -0.05) is 0 Å². The summed E-state index contributed by atoms with van der Waals surface area (Å²) in [5, 5.41) is 0. The van der Waals surface area contributed by atoms with E-state index in [4.69, 9.17) is 4.74 Å². The average Bonchev–Trinajstić information content (AvgIpc) is 3.00. The maximum Gasteiger partial charge on any atom is 0.190 e. The third-order valence-corrected chi connectivity index (χ3v) is 3.61. The molecule has 3 rings (SSSR count). The lowest BCUT2D eigenvalue weighted by Crippen LogP contribution is -2.18. The number of nitrogens with zero attached hydrogens (tertiary/aromatic N) is 1. The van der Waals surface area contributed by atoms with Gasteiger partial charge in [-0.25, -0.2) is 8.78 Å². The highest BCUT2D eigenvalue weighted by atomic mass is 19.1. The monoisotopic (exact) mass is 253 g/mol. The van der Waals surface area contributed by atoms with Crippen LogP contribution in [-0.4, -0.2) is 19.7 Å². The van der Waals surface area contributed by atoms with E-state index in [1.54, 1.807) is 0 Å². The fourth-order valence-electron chi connectivity index (χ4n) is 2.33. The second-order valence-corrected chi connectivity index (χ2v) is 5.19. The highest BCUT2D eigenvalue weighted by molar-refractivity contribution is 5.51. The number of ether oxygens (including phenoxy) is 1. The first-order chi connectivity index (χ1) is 8.74. The van der Waals surface area contributed by atoms with Gasteiger partial charge >= 0.3 is 0 Å². The van der Waals surface area contributed by atoms with Crippen molar-refractivity contribution in [1.29, 1.82) is 0 Å². The van der Waals surface area contributed by atoms with Gasteiger partial charge in [0.2, 0.25) is 0 Å². The summed E-state index contributed by atoms with van der Waals surface area (Å²) in [6, 6.07) is 2.77. The van der Waals surface area contributed by atoms with E-state index in [2.05, 4.69) is 0 Å². The molecule has 1 saturated carbocycles. The molecule has 0 amide bonds. The molecule has 1 aromatic carbocycles. The van der Waals surface area contributed by atoms with Crippen LogP contribution in [0.15, 0.2) is 12.1 Å². The zero-order valence-corrected chi connectivity index (χ0v) is 10.3. The zero-order chi connectivity index (χ0) is 12.5. The summed E-state index contributed by atoms with van der Waals surface area (Å²) in [6.07, 6.45) is 4.39. The Hall–Kier alpha value is -1.32. The van der Waals surface area contributed by atoms with Gasteiger partial charge in [-0.05, 0) is 31.6 Å². The van der Waals surface area contributed by atoms with Crippen molar-refractivity contribution >= 4 is 5.69 Å². The molecule has 2 fully saturated rings. The Labute approximate surface area is 106 Å². The Morgan fingerprint density at radius 1 is 1.11 bits per heavy atom. The van der Waals surface area contributed by atoms with Crippen molar-refractivity contribution in [1.82, 2.24) is 0 Å². The number of halogens is 2. The molecule has 1 saturated heterocycles. The Kier molecular flexibility index (Phi) is 3.10. The summed E-state index contributed by atoms with van der Waals surface area (Å²) >= 11 is 0. The largest absolute Gasteiger partial charge is 0.487 e. The molecule has 4 heteroatoms. The van der Waals surface area contributed by atoms with Crippen molar-refractivity contribution in [2.45, 2.75) is 25.7 Å². The second-order valence-electron chi connectivity index (χ2n) is 5.19. The van der Waals surface area contributed by atoms with Crippen LogP contribution in [0.25, 0.3) is 0 Å². The van der Waals surface area contributed by atoms with E-state index in [1.807, 2.05) is 4.90 Å². The minimum Gasteiger partial charge on any atom is -0.487 e. The van der Waals surface area contributed by atoms with E-state index >= 15 is 0 Å². The van der Waals surface area contributed by atoms with Gasteiger partial charge in [0, 0.05) is 30.9 Å². The lowest BCUT2D eigenvalue weighted by atomic mass is 10.2. The summed E-state index contributed by atoms with van der Waals surface area (Å²) in [4.78, 5) is 2.01. The van der Waals surface area contributed by atoms with Crippen LogP contribution in [0.5, 0.6) is 5.75 Å². The number of rotatable bonds is 4. The van der Waals surface area contributed by atoms with E-state index in [-0.39, 0.29) is 5.75 Å². The third kappa shape index (κ3) is 2.42. The normalized spacial score (nSPS) is 19.3. The van der Waals surface area contributed by atoms with Crippen LogP contribution in [0.1, 0.15) is 25.7 Å². The summed E-state index contributed by atoms with van der Waals surface area (Å²) < 4.78 is 32.9. The smallest absolute Gasteiger partial charge is 0.190 e. The number of hydrogen-bond acceptors (Lipinski definition) is 2. The molecule has 1 heterocycles. The molecule has 2 nitrogen and oxygen atoms in total. The highest BCUT2D eigenvalue weighted by Gasteiger charge is 2.24. The van der Waals surface area contributed by atoms with Crippen LogP contribution in [0.3, 0.4) is 0 Å². The van der Waals surface area contributed by atoms with Gasteiger partial charge in [0.25, 0.3) is 0 Å². The van der Waals surface area contributed by atoms with Gasteiger partial charge in [0.1, 0.15) is 0 Å². The molecule has 0 aromatic heterocycles. The molecule has 1 aliphatic carbocycles. The first-order valence-corrected chi connectivity index (χ1v) is 6.61. The third-order valence-electron chi connectivity index (χ3n) is 3.61. The topological polar surface area (TPSA) is 12.5 Å². The van der Waals surface area contributed by atoms with E-state index < -0.39 is 11.6 Å². The van der Waals surface area contributed by atoms with E-state index in [0.717, 1.165) is 38.8 Å². The molecule has 1 aromatic rings. The quantitative estimate of drug-likeness (QED) is 0.816. The molecular weight excluding hydrogens is 236 g/mol. The van der Waals surface area contributed by atoms with E-state index in [1.165, 1.54) is 12.1 Å². The zero-order valence-electron chi connectivity index (χ0n) is 10.3. The van der Waals surface area contributed by atoms with Crippen molar-refractivity contribution in [3.05, 3.63) is 23.8 Å². The Balaban J connectivity index is 1.77. The molecule has 0 bridgehead atoms. The van der Waals surface area contributed by atoms with Gasteiger partial charge in [0.15, 0.2) is 17.4 Å². The Morgan fingerprint density at radius 2 is 1.72 bits per heavy atom. The van der Waals surface area contributed by atoms with Gasteiger partial charge in [0.05, 0.1) is 6.61 Å². The molecule has 0 unspecified atom stereocenters. The van der Waals surface area contributed by atoms with Crippen LogP contribution < -0.4 is 9.64 Å². The van der Waals surface area contributed by atoms with E-state index in [9.17, 15) is 8.78 Å². The molecule has 18 heavy (non-hydrogen) atoms. The van der Waals surface area contributed by atoms with Gasteiger partial charge in [-0.3, -0.25) is 0 Å². The molecule has 1 aliphatic heterocycles. The maximum absolute atomic E-state index is 13.8. The Morgan fingerprint density at radius 3 is 2.28 bits per heavy atom. The van der Waals surface area contributed by atoms with Crippen LogP contribution in [0.4, 0.5) is 14.5 Å². The predicted octanol–water partition coefficient (Wildman–Crippen LogP) is 3.35. The van der Waals surface area contributed by atoms with Gasteiger partial charge < -0.3 is 9.64 Å². The van der Waals surface area contributed by atoms with Crippen molar-refractivity contribution in [2.24, 2.45) is 5.92 Å². The molecule has 0 radical (unpaired) electrons. The number of benzene rings is 1. The minimum atomic E-state index is -0.586. The van der Waals surface area contributed by atoms with Crippen LogP contribution in [0.2, 0.25) is 0 Å². The fraction of sp³-hybridized carbons (Fsp3) is 0.571. The van der Waals surface area contributed by atoms with Gasteiger partial charge in [-0.2, -0.15) is 0 Å². The lowest BCUT2D eigenvalue weighted by Gasteiger charge is -2.18. The first kappa shape index (κ1) is 11.8. The van der Waals surface area contributed by atoms with Crippen LogP contribution in [-0.2, 0) is 0 Å². The molecule has 2 aliphatic rings.